The van der Waals surface area contributed by atoms with Crippen molar-refractivity contribution in [2.75, 3.05) is 0 Å². The lowest BCUT2D eigenvalue weighted by atomic mass is 10.00. The summed E-state index contributed by atoms with van der Waals surface area (Å²) in [5.74, 6) is -0.504. The van der Waals surface area contributed by atoms with E-state index in [1.54, 1.807) is 12.1 Å². The Kier molecular flexibility index (Phi) is 8.23. The molecule has 0 aliphatic rings. The van der Waals surface area contributed by atoms with Crippen LogP contribution in [0.2, 0.25) is 0 Å². The van der Waals surface area contributed by atoms with E-state index in [1.807, 2.05) is 98.0 Å². The summed E-state index contributed by atoms with van der Waals surface area (Å²) >= 11 is 0. The maximum absolute atomic E-state index is 13.5. The van der Waals surface area contributed by atoms with Gasteiger partial charge >= 0.3 is 17.7 Å². The Morgan fingerprint density at radius 2 is 1.57 bits per heavy atom. The monoisotopic (exact) mass is 586 g/mol. The molecule has 0 saturated carbocycles. The number of nitrogens with one attached hydrogen (secondary N) is 2. The highest BCUT2D eigenvalue weighted by Crippen LogP contribution is 2.26. The molecule has 8 nitrogen and oxygen atoms in total. The Morgan fingerprint density at radius 1 is 0.864 bits per heavy atom. The van der Waals surface area contributed by atoms with Crippen LogP contribution in [0.3, 0.4) is 0 Å². The number of rotatable bonds is 9. The molecule has 6 aromatic rings. The van der Waals surface area contributed by atoms with Gasteiger partial charge < -0.3 is 24.2 Å². The molecule has 0 aliphatic heterocycles. The predicted molar refractivity (Wildman–Crippen MR) is 168 cm³/mol. The molecule has 0 spiro atoms. The Labute approximate surface area is 253 Å². The number of carbonyl (C=O) groups excluding carboxylic acids is 2. The van der Waals surface area contributed by atoms with Gasteiger partial charge in [-0.25, -0.2) is 14.4 Å². The molecule has 0 aliphatic carbocycles. The van der Waals surface area contributed by atoms with Gasteiger partial charge in [0.15, 0.2) is 0 Å². The highest BCUT2D eigenvalue weighted by Gasteiger charge is 2.26. The second kappa shape index (κ2) is 12.7. The quantitative estimate of drug-likeness (QED) is 0.112. The molecule has 220 valence electrons. The summed E-state index contributed by atoms with van der Waals surface area (Å²) in [5, 5.41) is 4.35. The average molecular weight is 587 g/mol. The molecule has 2 aromatic heterocycles. The second-order valence-corrected chi connectivity index (χ2v) is 10.6. The first kappa shape index (κ1) is 28.5. The van der Waals surface area contributed by atoms with E-state index in [4.69, 9.17) is 13.9 Å². The molecular formula is C36H30N2O6. The molecule has 0 radical (unpaired) electrons. The van der Waals surface area contributed by atoms with Crippen LogP contribution in [-0.4, -0.2) is 23.1 Å². The number of H-pyrrole nitrogens is 1. The minimum Gasteiger partial charge on any atom is -0.445 e. The van der Waals surface area contributed by atoms with Gasteiger partial charge in [-0.1, -0.05) is 78.9 Å². The lowest BCUT2D eigenvalue weighted by Gasteiger charge is -2.18. The fraction of sp³-hybridized carbons (Fsp3) is 0.139. The third-order valence-corrected chi connectivity index (χ3v) is 7.59. The third-order valence-electron chi connectivity index (χ3n) is 7.59. The van der Waals surface area contributed by atoms with Crippen molar-refractivity contribution < 1.29 is 23.5 Å². The van der Waals surface area contributed by atoms with Gasteiger partial charge in [-0.3, -0.25) is 0 Å². The number of amides is 1. The molecule has 0 saturated heterocycles. The molecule has 0 unspecified atom stereocenters. The summed E-state index contributed by atoms with van der Waals surface area (Å²) in [6.45, 7) is 1.93. The van der Waals surface area contributed by atoms with Crippen molar-refractivity contribution in [2.24, 2.45) is 0 Å². The normalized spacial score (nSPS) is 11.8. The van der Waals surface area contributed by atoms with E-state index in [0.29, 0.717) is 17.6 Å². The van der Waals surface area contributed by atoms with E-state index in [9.17, 15) is 14.4 Å². The number of alkyl carbamates (subject to hydrolysis) is 1. The van der Waals surface area contributed by atoms with Crippen molar-refractivity contribution in [1.82, 2.24) is 10.3 Å². The van der Waals surface area contributed by atoms with E-state index in [1.165, 1.54) is 6.07 Å². The van der Waals surface area contributed by atoms with Gasteiger partial charge in [-0.2, -0.15) is 0 Å². The van der Waals surface area contributed by atoms with Crippen LogP contribution >= 0.6 is 0 Å². The van der Waals surface area contributed by atoms with Crippen molar-refractivity contribution in [3.63, 3.8) is 0 Å². The first-order valence-corrected chi connectivity index (χ1v) is 14.3. The van der Waals surface area contributed by atoms with Crippen LogP contribution in [-0.2, 0) is 29.0 Å². The zero-order valence-electron chi connectivity index (χ0n) is 24.0. The summed E-state index contributed by atoms with van der Waals surface area (Å²) in [5.41, 5.74) is 4.80. The fourth-order valence-corrected chi connectivity index (χ4v) is 5.25. The molecule has 44 heavy (non-hydrogen) atoms. The van der Waals surface area contributed by atoms with Crippen molar-refractivity contribution in [3.8, 4) is 5.75 Å². The lowest BCUT2D eigenvalue weighted by molar-refractivity contribution is -0.136. The lowest BCUT2D eigenvalue weighted by Crippen LogP contribution is -2.44. The Hall–Kier alpha value is -5.63. The topological polar surface area (TPSA) is 111 Å². The maximum atomic E-state index is 13.5. The van der Waals surface area contributed by atoms with Crippen LogP contribution < -0.4 is 15.7 Å². The number of ether oxygens (including phenoxy) is 2. The minimum atomic E-state index is -1.06. The average Bonchev–Trinajstić information content (AvgIpc) is 3.45. The van der Waals surface area contributed by atoms with Crippen molar-refractivity contribution in [2.45, 2.75) is 32.4 Å². The van der Waals surface area contributed by atoms with E-state index in [2.05, 4.69) is 10.3 Å². The first-order valence-electron chi connectivity index (χ1n) is 14.3. The molecule has 6 rings (SSSR count). The Balaban J connectivity index is 1.23. The van der Waals surface area contributed by atoms with Crippen molar-refractivity contribution >= 4 is 33.9 Å². The number of hydrogen-bond acceptors (Lipinski definition) is 6. The summed E-state index contributed by atoms with van der Waals surface area (Å²) in [6.07, 6.45) is 1.67. The van der Waals surface area contributed by atoms with Crippen LogP contribution in [0.1, 0.15) is 27.8 Å². The summed E-state index contributed by atoms with van der Waals surface area (Å²) < 4.78 is 16.8. The van der Waals surface area contributed by atoms with Gasteiger partial charge in [0.1, 0.15) is 24.0 Å². The zero-order valence-corrected chi connectivity index (χ0v) is 24.0. The third kappa shape index (κ3) is 6.39. The number of carbonyl (C=O) groups is 2. The van der Waals surface area contributed by atoms with Crippen molar-refractivity contribution in [3.05, 3.63) is 148 Å². The summed E-state index contributed by atoms with van der Waals surface area (Å²) in [6, 6.07) is 30.5. The smallest absolute Gasteiger partial charge is 0.408 e. The maximum Gasteiger partial charge on any atom is 0.408 e. The van der Waals surface area contributed by atoms with Gasteiger partial charge in [0.05, 0.1) is 0 Å². The van der Waals surface area contributed by atoms with Gasteiger partial charge in [0.25, 0.3) is 0 Å². The van der Waals surface area contributed by atoms with Crippen LogP contribution in [0.5, 0.6) is 5.75 Å². The number of aromatic nitrogens is 1. The van der Waals surface area contributed by atoms with Gasteiger partial charge in [0.2, 0.25) is 0 Å². The minimum absolute atomic E-state index is 0.0524. The van der Waals surface area contributed by atoms with E-state index in [0.717, 1.165) is 38.5 Å². The Morgan fingerprint density at radius 3 is 2.34 bits per heavy atom. The number of aromatic amines is 1. The second-order valence-electron chi connectivity index (χ2n) is 10.6. The molecule has 2 N–H and O–H groups in total. The standard InChI is InChI=1S/C36H30N2O6/c1-23-28-17-16-27(20-33(28)44-34(39)30(23)18-24-10-4-2-5-11-24)43-35(40)32(19-26-21-37-31-15-9-8-14-29(26)31)38-36(41)42-22-25-12-6-3-7-13-25/h2-17,20-21,32,37H,18-19,22H2,1H3,(H,38,41)/t32-/m1/s1. The molecule has 8 heteroatoms. The van der Waals surface area contributed by atoms with E-state index >= 15 is 0 Å². The van der Waals surface area contributed by atoms with Crippen LogP contribution in [0, 0.1) is 6.92 Å². The van der Waals surface area contributed by atoms with Crippen LogP contribution in [0.15, 0.2) is 119 Å². The molecule has 1 amide bonds. The van der Waals surface area contributed by atoms with Crippen molar-refractivity contribution in [1.29, 1.82) is 0 Å². The molecule has 4 aromatic carbocycles. The number of benzene rings is 4. The van der Waals surface area contributed by atoms with E-state index in [-0.39, 0.29) is 18.8 Å². The number of esters is 1. The Bertz CT molecular complexity index is 2000. The molecule has 2 heterocycles. The molecular weight excluding hydrogens is 556 g/mol. The molecule has 1 atom stereocenters. The van der Waals surface area contributed by atoms with E-state index < -0.39 is 23.7 Å². The van der Waals surface area contributed by atoms with Gasteiger partial charge in [-0.15, -0.1) is 0 Å². The highest BCUT2D eigenvalue weighted by molar-refractivity contribution is 5.88. The largest absolute Gasteiger partial charge is 0.445 e. The number of para-hydroxylation sites is 1. The van der Waals surface area contributed by atoms with Crippen LogP contribution in [0.4, 0.5) is 4.79 Å². The highest BCUT2D eigenvalue weighted by atomic mass is 16.6. The predicted octanol–water partition coefficient (Wildman–Crippen LogP) is 6.62. The van der Waals surface area contributed by atoms with Gasteiger partial charge in [-0.05, 0) is 47.4 Å². The molecule has 0 fully saturated rings. The SMILES string of the molecule is Cc1c(Cc2ccccc2)c(=O)oc2cc(OC(=O)[C@@H](Cc3c[nH]c4ccccc34)NC(=O)OCc3ccccc3)ccc12. The molecule has 0 bridgehead atoms. The number of fused-ring (bicyclic) bond motifs is 2. The number of aryl methyl sites for hydroxylation is 1. The summed E-state index contributed by atoms with van der Waals surface area (Å²) in [4.78, 5) is 42.4. The van der Waals surface area contributed by atoms with Gasteiger partial charge in [0, 0.05) is 47.0 Å². The first-order chi connectivity index (χ1) is 21.4. The summed E-state index contributed by atoms with van der Waals surface area (Å²) in [7, 11) is 0. The fourth-order valence-electron chi connectivity index (χ4n) is 5.25. The number of hydrogen-bond donors (Lipinski definition) is 2. The zero-order chi connectivity index (χ0) is 30.5. The van der Waals surface area contributed by atoms with Crippen LogP contribution in [0.25, 0.3) is 21.9 Å².